The van der Waals surface area contributed by atoms with Crippen LogP contribution in [0.5, 0.6) is 0 Å². The molecule has 128 valence electrons. The summed E-state index contributed by atoms with van der Waals surface area (Å²) in [6.07, 6.45) is 1.76. The van der Waals surface area contributed by atoms with Crippen molar-refractivity contribution in [3.63, 3.8) is 0 Å². The molecule has 1 amide bonds. The Morgan fingerprint density at radius 3 is 2.58 bits per heavy atom. The molecule has 0 aliphatic heterocycles. The van der Waals surface area contributed by atoms with E-state index in [1.54, 1.807) is 24.5 Å². The minimum atomic E-state index is -0.571. The zero-order valence-electron chi connectivity index (χ0n) is 13.5. The highest BCUT2D eigenvalue weighted by atomic mass is 79.9. The first-order chi connectivity index (χ1) is 12.6. The summed E-state index contributed by atoms with van der Waals surface area (Å²) >= 11 is 3.18. The Balaban J connectivity index is 1.57. The first-order valence-corrected chi connectivity index (χ1v) is 8.70. The van der Waals surface area contributed by atoms with Crippen molar-refractivity contribution >= 4 is 38.6 Å². The average molecular weight is 410 g/mol. The number of halogens is 2. The molecule has 0 spiro atoms. The fourth-order valence-corrected chi connectivity index (χ4v) is 3.08. The van der Waals surface area contributed by atoms with Crippen molar-refractivity contribution < 1.29 is 9.18 Å². The van der Waals surface area contributed by atoms with E-state index in [2.05, 4.69) is 26.2 Å². The van der Waals surface area contributed by atoms with Gasteiger partial charge in [-0.15, -0.1) is 0 Å². The standard InChI is InChI=1S/C20H13BrFN3O/c21-13-5-10-16(17(22)11-13)20(26)24-14-6-8-15(9-7-14)25-12-23-18-3-1-2-4-19(18)25/h1-12H,(H,24,26). The number of imidazole rings is 1. The van der Waals surface area contributed by atoms with Crippen LogP contribution in [0.1, 0.15) is 10.4 Å². The lowest BCUT2D eigenvalue weighted by atomic mass is 10.2. The summed E-state index contributed by atoms with van der Waals surface area (Å²) < 4.78 is 16.5. The van der Waals surface area contributed by atoms with Crippen molar-refractivity contribution in [2.75, 3.05) is 5.32 Å². The first kappa shape index (κ1) is 16.5. The maximum atomic E-state index is 13.9. The molecule has 0 radical (unpaired) electrons. The lowest BCUT2D eigenvalue weighted by molar-refractivity contribution is 0.102. The van der Waals surface area contributed by atoms with E-state index in [0.29, 0.717) is 10.2 Å². The number of para-hydroxylation sites is 2. The van der Waals surface area contributed by atoms with Crippen LogP contribution < -0.4 is 5.32 Å². The minimum Gasteiger partial charge on any atom is -0.322 e. The molecule has 4 aromatic rings. The van der Waals surface area contributed by atoms with Gasteiger partial charge in [-0.3, -0.25) is 9.36 Å². The molecule has 0 aliphatic carbocycles. The number of fused-ring (bicyclic) bond motifs is 1. The number of amides is 1. The Morgan fingerprint density at radius 2 is 1.81 bits per heavy atom. The molecule has 0 unspecified atom stereocenters. The Bertz CT molecular complexity index is 1110. The van der Waals surface area contributed by atoms with E-state index in [-0.39, 0.29) is 5.56 Å². The summed E-state index contributed by atoms with van der Waals surface area (Å²) in [6.45, 7) is 0. The van der Waals surface area contributed by atoms with Crippen LogP contribution in [0.2, 0.25) is 0 Å². The van der Waals surface area contributed by atoms with E-state index in [9.17, 15) is 9.18 Å². The Kier molecular flexibility index (Phi) is 4.26. The number of nitrogens with one attached hydrogen (secondary N) is 1. The van der Waals surface area contributed by atoms with Gasteiger partial charge >= 0.3 is 0 Å². The molecular weight excluding hydrogens is 397 g/mol. The molecule has 0 bridgehead atoms. The molecule has 0 saturated heterocycles. The molecule has 1 N–H and O–H groups in total. The third-order valence-corrected chi connectivity index (χ3v) is 4.53. The lowest BCUT2D eigenvalue weighted by Gasteiger charge is -2.09. The summed E-state index contributed by atoms with van der Waals surface area (Å²) in [5, 5.41) is 2.71. The highest BCUT2D eigenvalue weighted by molar-refractivity contribution is 9.10. The summed E-state index contributed by atoms with van der Waals surface area (Å²) in [5.74, 6) is -1.06. The maximum absolute atomic E-state index is 13.9. The number of hydrogen-bond donors (Lipinski definition) is 1. The smallest absolute Gasteiger partial charge is 0.258 e. The number of nitrogens with zero attached hydrogens (tertiary/aromatic N) is 2. The summed E-state index contributed by atoms with van der Waals surface area (Å²) in [6, 6.07) is 19.5. The highest BCUT2D eigenvalue weighted by Crippen LogP contribution is 2.21. The first-order valence-electron chi connectivity index (χ1n) is 7.91. The molecule has 0 atom stereocenters. The van der Waals surface area contributed by atoms with E-state index in [1.807, 2.05) is 41.0 Å². The molecule has 26 heavy (non-hydrogen) atoms. The van der Waals surface area contributed by atoms with E-state index in [0.717, 1.165) is 16.7 Å². The van der Waals surface area contributed by atoms with Gasteiger partial charge in [-0.25, -0.2) is 9.37 Å². The Labute approximate surface area is 157 Å². The molecule has 4 nitrogen and oxygen atoms in total. The quantitative estimate of drug-likeness (QED) is 0.506. The van der Waals surface area contributed by atoms with Crippen LogP contribution in [-0.4, -0.2) is 15.5 Å². The summed E-state index contributed by atoms with van der Waals surface area (Å²) in [4.78, 5) is 16.6. The largest absolute Gasteiger partial charge is 0.322 e. The molecule has 3 aromatic carbocycles. The van der Waals surface area contributed by atoms with Gasteiger partial charge in [-0.2, -0.15) is 0 Å². The predicted octanol–water partition coefficient (Wildman–Crippen LogP) is 5.18. The fourth-order valence-electron chi connectivity index (χ4n) is 2.74. The zero-order chi connectivity index (χ0) is 18.1. The molecule has 0 aliphatic rings. The van der Waals surface area contributed by atoms with Gasteiger partial charge < -0.3 is 5.32 Å². The monoisotopic (exact) mass is 409 g/mol. The number of rotatable bonds is 3. The SMILES string of the molecule is O=C(Nc1ccc(-n2cnc3ccccc32)cc1)c1ccc(Br)cc1F. The normalized spacial score (nSPS) is 10.8. The lowest BCUT2D eigenvalue weighted by Crippen LogP contribution is -2.13. The minimum absolute atomic E-state index is 0.00196. The predicted molar refractivity (Wildman–Crippen MR) is 103 cm³/mol. The molecule has 6 heteroatoms. The van der Waals surface area contributed by atoms with Crippen molar-refractivity contribution in [3.05, 3.63) is 88.9 Å². The van der Waals surface area contributed by atoms with E-state index < -0.39 is 11.7 Å². The highest BCUT2D eigenvalue weighted by Gasteiger charge is 2.12. The zero-order valence-corrected chi connectivity index (χ0v) is 15.1. The van der Waals surface area contributed by atoms with Gasteiger partial charge in [0.2, 0.25) is 0 Å². The number of carbonyl (C=O) groups is 1. The van der Waals surface area contributed by atoms with Crippen molar-refractivity contribution in [2.45, 2.75) is 0 Å². The second-order valence-corrected chi connectivity index (χ2v) is 6.64. The van der Waals surface area contributed by atoms with E-state index >= 15 is 0 Å². The van der Waals surface area contributed by atoms with Gasteiger partial charge in [-0.1, -0.05) is 28.1 Å². The second-order valence-electron chi connectivity index (χ2n) is 5.73. The van der Waals surface area contributed by atoms with Crippen LogP contribution in [0.4, 0.5) is 10.1 Å². The molecule has 0 saturated carbocycles. The van der Waals surface area contributed by atoms with Crippen molar-refractivity contribution in [1.29, 1.82) is 0 Å². The average Bonchev–Trinajstić information content (AvgIpc) is 3.06. The topological polar surface area (TPSA) is 46.9 Å². The van der Waals surface area contributed by atoms with Crippen molar-refractivity contribution in [3.8, 4) is 5.69 Å². The van der Waals surface area contributed by atoms with Crippen LogP contribution in [0.3, 0.4) is 0 Å². The second kappa shape index (κ2) is 6.72. The van der Waals surface area contributed by atoms with Crippen LogP contribution >= 0.6 is 15.9 Å². The number of aromatic nitrogens is 2. The molecular formula is C20H13BrFN3O. The number of benzene rings is 3. The number of anilines is 1. The maximum Gasteiger partial charge on any atom is 0.258 e. The number of hydrogen-bond acceptors (Lipinski definition) is 2. The molecule has 0 fully saturated rings. The van der Waals surface area contributed by atoms with Crippen LogP contribution in [-0.2, 0) is 0 Å². The Hall–Kier alpha value is -2.99. The van der Waals surface area contributed by atoms with Crippen molar-refractivity contribution in [2.24, 2.45) is 0 Å². The fraction of sp³-hybridized carbons (Fsp3) is 0. The van der Waals surface area contributed by atoms with Gasteiger partial charge in [0, 0.05) is 15.8 Å². The van der Waals surface area contributed by atoms with Crippen LogP contribution in [0.25, 0.3) is 16.7 Å². The molecule has 1 aromatic heterocycles. The van der Waals surface area contributed by atoms with Crippen molar-refractivity contribution in [1.82, 2.24) is 9.55 Å². The van der Waals surface area contributed by atoms with E-state index in [4.69, 9.17) is 0 Å². The number of carbonyl (C=O) groups excluding carboxylic acids is 1. The van der Waals surface area contributed by atoms with Gasteiger partial charge in [0.15, 0.2) is 0 Å². The summed E-state index contributed by atoms with van der Waals surface area (Å²) in [7, 11) is 0. The van der Waals surface area contributed by atoms with E-state index in [1.165, 1.54) is 12.1 Å². The Morgan fingerprint density at radius 1 is 1.04 bits per heavy atom. The van der Waals surface area contributed by atoms with Gasteiger partial charge in [-0.05, 0) is 54.6 Å². The third kappa shape index (κ3) is 3.11. The van der Waals surface area contributed by atoms with Gasteiger partial charge in [0.05, 0.1) is 16.6 Å². The molecule has 1 heterocycles. The summed E-state index contributed by atoms with van der Waals surface area (Å²) in [5.41, 5.74) is 3.42. The van der Waals surface area contributed by atoms with Gasteiger partial charge in [0.25, 0.3) is 5.91 Å². The van der Waals surface area contributed by atoms with Crippen LogP contribution in [0, 0.1) is 5.82 Å². The molecule has 4 rings (SSSR count). The van der Waals surface area contributed by atoms with Crippen LogP contribution in [0.15, 0.2) is 77.5 Å². The van der Waals surface area contributed by atoms with Gasteiger partial charge in [0.1, 0.15) is 12.1 Å². The third-order valence-electron chi connectivity index (χ3n) is 4.03.